The highest BCUT2D eigenvalue weighted by atomic mass is 16.6. The Balaban J connectivity index is 3.40. The lowest BCUT2D eigenvalue weighted by Crippen LogP contribution is -2.28. The summed E-state index contributed by atoms with van der Waals surface area (Å²) in [6.45, 7) is 3.10. The maximum absolute atomic E-state index is 11.7. The molecule has 0 aromatic carbocycles. The molecule has 0 aliphatic carbocycles. The first-order chi connectivity index (χ1) is 12.1. The topological polar surface area (TPSA) is 72.8 Å². The molecule has 5 nitrogen and oxygen atoms in total. The Bertz CT molecular complexity index is 330. The number of aliphatic hydroxyl groups is 1. The van der Waals surface area contributed by atoms with Crippen LogP contribution in [0.2, 0.25) is 0 Å². The average molecular weight is 359 g/mol. The van der Waals surface area contributed by atoms with Gasteiger partial charge in [-0.25, -0.2) is 0 Å². The van der Waals surface area contributed by atoms with Crippen LogP contribution in [0.3, 0.4) is 0 Å². The lowest BCUT2D eigenvalue weighted by molar-refractivity contribution is -0.160. The Morgan fingerprint density at radius 3 is 1.76 bits per heavy atom. The van der Waals surface area contributed by atoms with Crippen LogP contribution in [-0.2, 0) is 19.1 Å². The summed E-state index contributed by atoms with van der Waals surface area (Å²) in [5.74, 6) is -0.784. The highest BCUT2D eigenvalue weighted by Crippen LogP contribution is 2.12. The van der Waals surface area contributed by atoms with Gasteiger partial charge in [-0.15, -0.1) is 0 Å². The Morgan fingerprint density at radius 2 is 1.32 bits per heavy atom. The molecule has 0 aromatic heterocycles. The lowest BCUT2D eigenvalue weighted by Gasteiger charge is -2.15. The summed E-state index contributed by atoms with van der Waals surface area (Å²) in [7, 11) is 0. The summed E-state index contributed by atoms with van der Waals surface area (Å²) < 4.78 is 9.82. The fraction of sp³-hybridized carbons (Fsp3) is 0.900. The van der Waals surface area contributed by atoms with Crippen molar-refractivity contribution >= 4 is 11.9 Å². The van der Waals surface area contributed by atoms with E-state index >= 15 is 0 Å². The fourth-order valence-electron chi connectivity index (χ4n) is 2.69. The fourth-order valence-corrected chi connectivity index (χ4v) is 2.69. The van der Waals surface area contributed by atoms with E-state index in [1.165, 1.54) is 64.7 Å². The van der Waals surface area contributed by atoms with Gasteiger partial charge in [0.15, 0.2) is 6.10 Å². The minimum atomic E-state index is -0.756. The molecule has 0 fully saturated rings. The van der Waals surface area contributed by atoms with Crippen molar-refractivity contribution in [1.82, 2.24) is 0 Å². The molecule has 0 radical (unpaired) electrons. The number of ether oxygens (including phenoxy) is 2. The van der Waals surface area contributed by atoms with Gasteiger partial charge >= 0.3 is 11.9 Å². The molecule has 0 saturated carbocycles. The summed E-state index contributed by atoms with van der Waals surface area (Å²) in [5, 5.41) is 9.09. The third-order valence-corrected chi connectivity index (χ3v) is 4.21. The second-order valence-corrected chi connectivity index (χ2v) is 6.74. The van der Waals surface area contributed by atoms with E-state index in [-0.39, 0.29) is 19.2 Å². The van der Waals surface area contributed by atoms with Gasteiger partial charge in [0.1, 0.15) is 6.61 Å². The summed E-state index contributed by atoms with van der Waals surface area (Å²) in [6, 6.07) is 0. The van der Waals surface area contributed by atoms with Crippen LogP contribution in [0.25, 0.3) is 0 Å². The summed E-state index contributed by atoms with van der Waals surface area (Å²) in [4.78, 5) is 22.4. The third-order valence-electron chi connectivity index (χ3n) is 4.21. The smallest absolute Gasteiger partial charge is 0.306 e. The molecular formula is C20H38O5. The molecule has 0 spiro atoms. The summed E-state index contributed by atoms with van der Waals surface area (Å²) in [5.41, 5.74) is 0. The van der Waals surface area contributed by atoms with Crippen molar-refractivity contribution in [2.75, 3.05) is 13.2 Å². The van der Waals surface area contributed by atoms with Gasteiger partial charge < -0.3 is 14.6 Å². The Kier molecular flexibility index (Phi) is 16.9. The van der Waals surface area contributed by atoms with Crippen LogP contribution in [0, 0.1) is 0 Å². The van der Waals surface area contributed by atoms with Crippen LogP contribution in [0.1, 0.15) is 97.3 Å². The van der Waals surface area contributed by atoms with Crippen molar-refractivity contribution in [2.45, 2.75) is 103 Å². The SMILES string of the molecule is CCCCCCCCCCCCCCC(=O)OC(CO)COC(C)=O. The molecule has 0 bridgehead atoms. The van der Waals surface area contributed by atoms with Gasteiger partial charge in [0.05, 0.1) is 6.61 Å². The van der Waals surface area contributed by atoms with Crippen LogP contribution in [-0.4, -0.2) is 36.4 Å². The summed E-state index contributed by atoms with van der Waals surface area (Å²) in [6.07, 6.45) is 14.6. The quantitative estimate of drug-likeness (QED) is 0.305. The standard InChI is InChI=1S/C20H38O5/c1-3-4-5-6-7-8-9-10-11-12-13-14-15-20(23)25-19(16-21)17-24-18(2)22/h19,21H,3-17H2,1-2H3. The monoisotopic (exact) mass is 358 g/mol. The Labute approximate surface area is 153 Å². The number of carbonyl (C=O) groups excluding carboxylic acids is 2. The molecule has 0 aliphatic rings. The van der Waals surface area contributed by atoms with Gasteiger partial charge in [-0.3, -0.25) is 9.59 Å². The van der Waals surface area contributed by atoms with Gasteiger partial charge in [0.25, 0.3) is 0 Å². The zero-order valence-corrected chi connectivity index (χ0v) is 16.3. The maximum atomic E-state index is 11.7. The minimum Gasteiger partial charge on any atom is -0.462 e. The second-order valence-electron chi connectivity index (χ2n) is 6.74. The van der Waals surface area contributed by atoms with Crippen molar-refractivity contribution < 1.29 is 24.2 Å². The minimum absolute atomic E-state index is 0.0873. The van der Waals surface area contributed by atoms with E-state index in [1.54, 1.807) is 0 Å². The molecular weight excluding hydrogens is 320 g/mol. The average Bonchev–Trinajstić information content (AvgIpc) is 2.59. The number of esters is 2. The number of rotatable bonds is 17. The molecule has 0 aliphatic heterocycles. The highest BCUT2D eigenvalue weighted by Gasteiger charge is 2.14. The molecule has 25 heavy (non-hydrogen) atoms. The van der Waals surface area contributed by atoms with Crippen molar-refractivity contribution in [3.05, 3.63) is 0 Å². The largest absolute Gasteiger partial charge is 0.462 e. The van der Waals surface area contributed by atoms with Gasteiger partial charge in [0, 0.05) is 13.3 Å². The highest BCUT2D eigenvalue weighted by molar-refractivity contribution is 5.69. The number of aliphatic hydroxyl groups excluding tert-OH is 1. The maximum Gasteiger partial charge on any atom is 0.306 e. The van der Waals surface area contributed by atoms with Gasteiger partial charge in [-0.1, -0.05) is 77.6 Å². The van der Waals surface area contributed by atoms with E-state index in [1.807, 2.05) is 0 Å². The molecule has 0 rings (SSSR count). The molecule has 148 valence electrons. The van der Waals surface area contributed by atoms with Crippen molar-refractivity contribution in [3.8, 4) is 0 Å². The van der Waals surface area contributed by atoms with Gasteiger partial charge in [0.2, 0.25) is 0 Å². The van der Waals surface area contributed by atoms with Crippen molar-refractivity contribution in [3.63, 3.8) is 0 Å². The van der Waals surface area contributed by atoms with Crippen LogP contribution in [0.4, 0.5) is 0 Å². The van der Waals surface area contributed by atoms with E-state index in [0.717, 1.165) is 19.3 Å². The summed E-state index contributed by atoms with van der Waals surface area (Å²) >= 11 is 0. The number of hydrogen-bond donors (Lipinski definition) is 1. The zero-order chi connectivity index (χ0) is 18.8. The van der Waals surface area contributed by atoms with E-state index in [9.17, 15) is 9.59 Å². The van der Waals surface area contributed by atoms with Crippen molar-refractivity contribution in [1.29, 1.82) is 0 Å². The van der Waals surface area contributed by atoms with E-state index < -0.39 is 12.1 Å². The van der Waals surface area contributed by atoms with Crippen LogP contribution < -0.4 is 0 Å². The van der Waals surface area contributed by atoms with Crippen molar-refractivity contribution in [2.24, 2.45) is 0 Å². The molecule has 0 aromatic rings. The van der Waals surface area contributed by atoms with Crippen LogP contribution in [0.15, 0.2) is 0 Å². The third kappa shape index (κ3) is 17.5. The molecule has 5 heteroatoms. The Morgan fingerprint density at radius 1 is 0.840 bits per heavy atom. The predicted octanol–water partition coefficient (Wildman–Crippen LogP) is 4.54. The van der Waals surface area contributed by atoms with Crippen LogP contribution >= 0.6 is 0 Å². The first-order valence-corrected chi connectivity index (χ1v) is 10.0. The normalized spacial score (nSPS) is 12.0. The molecule has 0 amide bonds. The first kappa shape index (κ1) is 23.9. The first-order valence-electron chi connectivity index (χ1n) is 10.0. The predicted molar refractivity (Wildman–Crippen MR) is 99.3 cm³/mol. The zero-order valence-electron chi connectivity index (χ0n) is 16.3. The number of carbonyl (C=O) groups is 2. The molecule has 0 heterocycles. The van der Waals surface area contributed by atoms with E-state index in [2.05, 4.69) is 6.92 Å². The van der Waals surface area contributed by atoms with E-state index in [0.29, 0.717) is 6.42 Å². The molecule has 1 N–H and O–H groups in total. The van der Waals surface area contributed by atoms with Gasteiger partial charge in [-0.05, 0) is 6.42 Å². The van der Waals surface area contributed by atoms with Gasteiger partial charge in [-0.2, -0.15) is 0 Å². The van der Waals surface area contributed by atoms with E-state index in [4.69, 9.17) is 14.6 Å². The number of hydrogen-bond acceptors (Lipinski definition) is 5. The lowest BCUT2D eigenvalue weighted by atomic mass is 10.0. The van der Waals surface area contributed by atoms with Crippen LogP contribution in [0.5, 0.6) is 0 Å². The molecule has 1 unspecified atom stereocenters. The second kappa shape index (κ2) is 17.7. The number of unbranched alkanes of at least 4 members (excludes halogenated alkanes) is 11. The Hall–Kier alpha value is -1.10. The molecule has 1 atom stereocenters. The molecule has 0 saturated heterocycles.